The highest BCUT2D eigenvalue weighted by atomic mass is 35.5. The summed E-state index contributed by atoms with van der Waals surface area (Å²) in [5.41, 5.74) is 1.87. The fraction of sp³-hybridized carbons (Fsp3) is 0.375. The molecular formula is C16H20ClFN2. The van der Waals surface area contributed by atoms with Crippen LogP contribution in [0.15, 0.2) is 36.7 Å². The summed E-state index contributed by atoms with van der Waals surface area (Å²) < 4.78 is 15.6. The lowest BCUT2D eigenvalue weighted by Crippen LogP contribution is -2.34. The third kappa shape index (κ3) is 4.36. The van der Waals surface area contributed by atoms with Crippen molar-refractivity contribution in [2.45, 2.75) is 39.4 Å². The van der Waals surface area contributed by atoms with E-state index in [-0.39, 0.29) is 11.4 Å². The van der Waals surface area contributed by atoms with E-state index < -0.39 is 0 Å². The summed E-state index contributed by atoms with van der Waals surface area (Å²) in [6.07, 6.45) is 3.99. The first-order valence-electron chi connectivity index (χ1n) is 6.67. The van der Waals surface area contributed by atoms with E-state index in [0.29, 0.717) is 17.1 Å². The van der Waals surface area contributed by atoms with Gasteiger partial charge in [0.25, 0.3) is 0 Å². The molecule has 108 valence electrons. The van der Waals surface area contributed by atoms with E-state index in [1.807, 2.05) is 23.0 Å². The molecule has 2 rings (SSSR count). The molecule has 1 aromatic carbocycles. The maximum atomic E-state index is 13.7. The summed E-state index contributed by atoms with van der Waals surface area (Å²) >= 11 is 5.90. The second-order valence-electron chi connectivity index (χ2n) is 6.03. The SMILES string of the molecule is CC(C)(C)NCc1ccn(Cc2cc(Cl)ccc2F)c1. The highest BCUT2D eigenvalue weighted by Gasteiger charge is 2.09. The third-order valence-electron chi connectivity index (χ3n) is 3.00. The van der Waals surface area contributed by atoms with Crippen molar-refractivity contribution >= 4 is 11.6 Å². The average Bonchev–Trinajstić information content (AvgIpc) is 2.78. The van der Waals surface area contributed by atoms with E-state index in [0.717, 1.165) is 6.54 Å². The number of nitrogens with one attached hydrogen (secondary N) is 1. The van der Waals surface area contributed by atoms with Gasteiger partial charge in [-0.05, 0) is 50.6 Å². The molecule has 1 N–H and O–H groups in total. The van der Waals surface area contributed by atoms with E-state index >= 15 is 0 Å². The van der Waals surface area contributed by atoms with Crippen molar-refractivity contribution in [3.05, 3.63) is 58.6 Å². The Morgan fingerprint density at radius 1 is 1.25 bits per heavy atom. The van der Waals surface area contributed by atoms with Crippen LogP contribution in [0.5, 0.6) is 0 Å². The first-order valence-corrected chi connectivity index (χ1v) is 7.05. The number of hydrogen-bond donors (Lipinski definition) is 1. The molecule has 0 aliphatic carbocycles. The van der Waals surface area contributed by atoms with Crippen LogP contribution in [0, 0.1) is 5.82 Å². The van der Waals surface area contributed by atoms with Crippen molar-refractivity contribution in [1.29, 1.82) is 0 Å². The Labute approximate surface area is 124 Å². The average molecular weight is 295 g/mol. The largest absolute Gasteiger partial charge is 0.349 e. The zero-order valence-corrected chi connectivity index (χ0v) is 12.8. The summed E-state index contributed by atoms with van der Waals surface area (Å²) in [5, 5.41) is 3.99. The highest BCUT2D eigenvalue weighted by Crippen LogP contribution is 2.16. The van der Waals surface area contributed by atoms with E-state index in [4.69, 9.17) is 11.6 Å². The maximum absolute atomic E-state index is 13.7. The molecule has 0 atom stereocenters. The number of aromatic nitrogens is 1. The molecule has 0 fully saturated rings. The van der Waals surface area contributed by atoms with Gasteiger partial charge in [0.05, 0.1) is 0 Å². The predicted molar refractivity (Wildman–Crippen MR) is 81.5 cm³/mol. The van der Waals surface area contributed by atoms with Gasteiger partial charge in [0.15, 0.2) is 0 Å². The van der Waals surface area contributed by atoms with Gasteiger partial charge in [0.1, 0.15) is 5.82 Å². The standard InChI is InChI=1S/C16H20ClFN2/c1-16(2,3)19-9-12-6-7-20(10-12)11-13-8-14(17)4-5-15(13)18/h4-8,10,19H,9,11H2,1-3H3. The van der Waals surface area contributed by atoms with Crippen LogP contribution in [0.2, 0.25) is 5.02 Å². The molecule has 1 aromatic heterocycles. The monoisotopic (exact) mass is 294 g/mol. The topological polar surface area (TPSA) is 17.0 Å². The van der Waals surface area contributed by atoms with Crippen LogP contribution >= 0.6 is 11.6 Å². The van der Waals surface area contributed by atoms with Crippen molar-refractivity contribution in [3.8, 4) is 0 Å². The predicted octanol–water partition coefficient (Wildman–Crippen LogP) is 4.22. The van der Waals surface area contributed by atoms with Crippen molar-refractivity contribution in [2.24, 2.45) is 0 Å². The Bertz CT molecular complexity index is 584. The second kappa shape index (κ2) is 5.98. The van der Waals surface area contributed by atoms with Crippen molar-refractivity contribution in [2.75, 3.05) is 0 Å². The minimum absolute atomic E-state index is 0.0845. The molecule has 0 bridgehead atoms. The summed E-state index contributed by atoms with van der Waals surface area (Å²) in [5.74, 6) is -0.225. The molecule has 2 aromatic rings. The maximum Gasteiger partial charge on any atom is 0.128 e. The number of benzene rings is 1. The van der Waals surface area contributed by atoms with Gasteiger partial charge in [-0.2, -0.15) is 0 Å². The molecule has 1 heterocycles. The molecule has 0 amide bonds. The summed E-state index contributed by atoms with van der Waals surface area (Å²) in [4.78, 5) is 0. The zero-order valence-electron chi connectivity index (χ0n) is 12.1. The molecule has 4 heteroatoms. The van der Waals surface area contributed by atoms with Crippen LogP contribution in [-0.4, -0.2) is 10.1 Å². The van der Waals surface area contributed by atoms with Gasteiger partial charge in [0.2, 0.25) is 0 Å². The number of hydrogen-bond acceptors (Lipinski definition) is 1. The molecule has 0 spiro atoms. The summed E-state index contributed by atoms with van der Waals surface area (Å²) in [7, 11) is 0. The molecular weight excluding hydrogens is 275 g/mol. The third-order valence-corrected chi connectivity index (χ3v) is 3.23. The van der Waals surface area contributed by atoms with Gasteiger partial charge in [-0.3, -0.25) is 0 Å². The van der Waals surface area contributed by atoms with Crippen LogP contribution < -0.4 is 5.32 Å². The molecule has 20 heavy (non-hydrogen) atoms. The molecule has 2 nitrogen and oxygen atoms in total. The van der Waals surface area contributed by atoms with Crippen molar-refractivity contribution < 1.29 is 4.39 Å². The van der Waals surface area contributed by atoms with E-state index in [1.165, 1.54) is 11.6 Å². The molecule has 0 aliphatic heterocycles. The van der Waals surface area contributed by atoms with Crippen LogP contribution in [0.1, 0.15) is 31.9 Å². The van der Waals surface area contributed by atoms with Gasteiger partial charge in [-0.15, -0.1) is 0 Å². The molecule has 0 saturated heterocycles. The Balaban J connectivity index is 2.04. The lowest BCUT2D eigenvalue weighted by Gasteiger charge is -2.19. The Morgan fingerprint density at radius 2 is 2.00 bits per heavy atom. The molecule has 0 radical (unpaired) electrons. The van der Waals surface area contributed by atoms with E-state index in [9.17, 15) is 4.39 Å². The van der Waals surface area contributed by atoms with Crippen molar-refractivity contribution in [1.82, 2.24) is 9.88 Å². The zero-order chi connectivity index (χ0) is 14.8. The highest BCUT2D eigenvalue weighted by molar-refractivity contribution is 6.30. The first-order chi connectivity index (χ1) is 9.33. The lowest BCUT2D eigenvalue weighted by atomic mass is 10.1. The smallest absolute Gasteiger partial charge is 0.128 e. The van der Waals surface area contributed by atoms with Gasteiger partial charge in [-0.1, -0.05) is 11.6 Å². The minimum atomic E-state index is -0.225. The fourth-order valence-corrected chi connectivity index (χ4v) is 2.12. The number of rotatable bonds is 4. The quantitative estimate of drug-likeness (QED) is 0.893. The van der Waals surface area contributed by atoms with Gasteiger partial charge in [0, 0.05) is 41.6 Å². The Kier molecular flexibility index (Phi) is 4.51. The second-order valence-corrected chi connectivity index (χ2v) is 6.47. The number of halogens is 2. The Morgan fingerprint density at radius 3 is 2.70 bits per heavy atom. The molecule has 0 unspecified atom stereocenters. The van der Waals surface area contributed by atoms with Crippen LogP contribution in [0.3, 0.4) is 0 Å². The fourth-order valence-electron chi connectivity index (χ4n) is 1.92. The minimum Gasteiger partial charge on any atom is -0.349 e. The number of nitrogens with zero attached hydrogens (tertiary/aromatic N) is 1. The van der Waals surface area contributed by atoms with Crippen LogP contribution in [0.25, 0.3) is 0 Å². The van der Waals surface area contributed by atoms with E-state index in [2.05, 4.69) is 26.1 Å². The van der Waals surface area contributed by atoms with Gasteiger partial charge >= 0.3 is 0 Å². The van der Waals surface area contributed by atoms with Gasteiger partial charge in [-0.25, -0.2) is 4.39 Å². The summed E-state index contributed by atoms with van der Waals surface area (Å²) in [6, 6.07) is 6.68. The summed E-state index contributed by atoms with van der Waals surface area (Å²) in [6.45, 7) is 7.68. The van der Waals surface area contributed by atoms with E-state index in [1.54, 1.807) is 12.1 Å². The first kappa shape index (κ1) is 15.1. The van der Waals surface area contributed by atoms with Gasteiger partial charge < -0.3 is 9.88 Å². The van der Waals surface area contributed by atoms with Crippen LogP contribution in [0.4, 0.5) is 4.39 Å². The normalized spacial score (nSPS) is 11.8. The van der Waals surface area contributed by atoms with Crippen LogP contribution in [-0.2, 0) is 13.1 Å². The van der Waals surface area contributed by atoms with Crippen molar-refractivity contribution in [3.63, 3.8) is 0 Å². The Hall–Kier alpha value is -1.32. The molecule has 0 saturated carbocycles. The lowest BCUT2D eigenvalue weighted by molar-refractivity contribution is 0.424. The molecule has 0 aliphatic rings.